The number of ketones is 1. The summed E-state index contributed by atoms with van der Waals surface area (Å²) in [6.07, 6.45) is 6.33. The van der Waals surface area contributed by atoms with Crippen LogP contribution >= 0.6 is 0 Å². The van der Waals surface area contributed by atoms with Crippen LogP contribution < -0.4 is 10.1 Å². The lowest BCUT2D eigenvalue weighted by molar-refractivity contribution is -0.123. The molecule has 0 bridgehead atoms. The van der Waals surface area contributed by atoms with Crippen LogP contribution in [0.3, 0.4) is 0 Å². The highest BCUT2D eigenvalue weighted by molar-refractivity contribution is 6.03. The number of fused-ring (bicyclic) bond motifs is 5. The number of hydrogen-bond acceptors (Lipinski definition) is 4. The third kappa shape index (κ3) is 5.29. The maximum atomic E-state index is 13.6. The molecule has 0 radical (unpaired) electrons. The number of aromatic nitrogens is 1. The summed E-state index contributed by atoms with van der Waals surface area (Å²) >= 11 is 0. The minimum Gasteiger partial charge on any atom is -0.491 e. The molecule has 3 aromatic carbocycles. The van der Waals surface area contributed by atoms with E-state index in [2.05, 4.69) is 28.1 Å². The number of carbonyl (C=O) groups is 2. The maximum absolute atomic E-state index is 13.6. The molecule has 2 aliphatic rings. The maximum Gasteiger partial charge on any atom is 0.252 e. The van der Waals surface area contributed by atoms with Crippen molar-refractivity contribution in [3.05, 3.63) is 89.0 Å². The average Bonchev–Trinajstić information content (AvgIpc) is 3.18. The van der Waals surface area contributed by atoms with E-state index in [0.717, 1.165) is 28.0 Å². The van der Waals surface area contributed by atoms with Crippen molar-refractivity contribution in [2.24, 2.45) is 0 Å². The zero-order valence-electron chi connectivity index (χ0n) is 23.9. The van der Waals surface area contributed by atoms with Crippen molar-refractivity contribution in [2.45, 2.75) is 77.0 Å². The molecular weight excluding hydrogens is 512 g/mol. The number of hydrogen-bond donors (Lipinski definition) is 2. The molecule has 0 saturated heterocycles. The van der Waals surface area contributed by atoms with Gasteiger partial charge in [-0.1, -0.05) is 61.7 Å². The summed E-state index contributed by atoms with van der Waals surface area (Å²) in [5.74, 6) is 1.06. The van der Waals surface area contributed by atoms with Gasteiger partial charge in [-0.05, 0) is 73.6 Å². The molecule has 6 heteroatoms. The van der Waals surface area contributed by atoms with Crippen LogP contribution in [0.25, 0.3) is 22.2 Å². The predicted molar refractivity (Wildman–Crippen MR) is 161 cm³/mol. The first-order chi connectivity index (χ1) is 19.9. The van der Waals surface area contributed by atoms with Gasteiger partial charge in [-0.15, -0.1) is 0 Å². The third-order valence-corrected chi connectivity index (χ3v) is 8.79. The first kappa shape index (κ1) is 27.3. The van der Waals surface area contributed by atoms with Crippen LogP contribution in [0.4, 0.5) is 0 Å². The lowest BCUT2D eigenvalue weighted by Gasteiger charge is -2.25. The molecule has 2 N–H and O–H groups in total. The standard InChI is InChI=1S/C35H38N2O4/c1-35(2,31(39)20-23-12-14-24(22-38)15-13-23)36-34(40)26-16-17-27-29(21-26)37-18-19-41-30-11-7-6-10-28(30)33(37)32(27)25-8-4-3-5-9-25/h6-7,10-17,21,25,38H,3-5,8-9,18-20,22H2,1-2H3,(H,36,40). The topological polar surface area (TPSA) is 80.6 Å². The fourth-order valence-electron chi connectivity index (χ4n) is 6.47. The number of Topliss-reactive ketones (excluding diaryl/α,β-unsaturated/α-hetero) is 1. The molecule has 6 nitrogen and oxygen atoms in total. The number of para-hydroxylation sites is 1. The van der Waals surface area contributed by atoms with Gasteiger partial charge in [0, 0.05) is 28.5 Å². The number of nitrogens with one attached hydrogen (secondary N) is 1. The smallest absolute Gasteiger partial charge is 0.252 e. The molecule has 212 valence electrons. The largest absolute Gasteiger partial charge is 0.491 e. The van der Waals surface area contributed by atoms with Crippen LogP contribution in [0.1, 0.15) is 78.9 Å². The zero-order chi connectivity index (χ0) is 28.6. The van der Waals surface area contributed by atoms with Crippen LogP contribution in [0.5, 0.6) is 5.75 Å². The van der Waals surface area contributed by atoms with E-state index in [-0.39, 0.29) is 24.7 Å². The second-order valence-corrected chi connectivity index (χ2v) is 12.0. The normalized spacial score (nSPS) is 15.5. The van der Waals surface area contributed by atoms with Crippen molar-refractivity contribution < 1.29 is 19.4 Å². The van der Waals surface area contributed by atoms with Gasteiger partial charge in [0.25, 0.3) is 5.91 Å². The fraction of sp³-hybridized carbons (Fsp3) is 0.371. The Morgan fingerprint density at radius 2 is 1.71 bits per heavy atom. The lowest BCUT2D eigenvalue weighted by Crippen LogP contribution is -2.50. The second kappa shape index (κ2) is 11.2. The molecule has 0 unspecified atom stereocenters. The Hall–Kier alpha value is -3.90. The Bertz CT molecular complexity index is 1590. The van der Waals surface area contributed by atoms with Crippen molar-refractivity contribution in [3.8, 4) is 17.0 Å². The highest BCUT2D eigenvalue weighted by Crippen LogP contribution is 2.47. The number of benzene rings is 3. The summed E-state index contributed by atoms with van der Waals surface area (Å²) in [5, 5.41) is 13.5. The van der Waals surface area contributed by atoms with Crippen LogP contribution in [0.15, 0.2) is 66.7 Å². The Balaban J connectivity index is 1.33. The molecule has 1 aromatic heterocycles. The number of ether oxygens (including phenoxy) is 1. The number of aliphatic hydroxyl groups excluding tert-OH is 1. The summed E-state index contributed by atoms with van der Waals surface area (Å²) in [7, 11) is 0. The van der Waals surface area contributed by atoms with Gasteiger partial charge in [0.1, 0.15) is 12.4 Å². The van der Waals surface area contributed by atoms with Gasteiger partial charge in [0.2, 0.25) is 0 Å². The van der Waals surface area contributed by atoms with Gasteiger partial charge in [0.05, 0.1) is 24.4 Å². The Labute approximate surface area is 241 Å². The summed E-state index contributed by atoms with van der Waals surface area (Å²) in [6.45, 7) is 4.75. The summed E-state index contributed by atoms with van der Waals surface area (Å²) in [5.41, 5.74) is 5.91. The summed E-state index contributed by atoms with van der Waals surface area (Å²) < 4.78 is 8.50. The first-order valence-electron chi connectivity index (χ1n) is 14.8. The van der Waals surface area contributed by atoms with Crippen molar-refractivity contribution >= 4 is 22.6 Å². The van der Waals surface area contributed by atoms with Gasteiger partial charge < -0.3 is 19.7 Å². The molecule has 0 spiro atoms. The molecule has 0 atom stereocenters. The van der Waals surface area contributed by atoms with Crippen molar-refractivity contribution in [2.75, 3.05) is 6.61 Å². The van der Waals surface area contributed by atoms with E-state index in [1.54, 1.807) is 13.8 Å². The Morgan fingerprint density at radius 3 is 2.46 bits per heavy atom. The van der Waals surface area contributed by atoms with E-state index in [1.165, 1.54) is 48.7 Å². The second-order valence-electron chi connectivity index (χ2n) is 12.0. The average molecular weight is 551 g/mol. The van der Waals surface area contributed by atoms with Gasteiger partial charge in [-0.3, -0.25) is 9.59 Å². The molecule has 1 aliphatic heterocycles. The predicted octanol–water partition coefficient (Wildman–Crippen LogP) is 6.56. The monoisotopic (exact) mass is 550 g/mol. The number of nitrogens with zero attached hydrogens (tertiary/aromatic N) is 1. The summed E-state index contributed by atoms with van der Waals surface area (Å²) in [6, 6.07) is 21.6. The molecule has 6 rings (SSSR count). The third-order valence-electron chi connectivity index (χ3n) is 8.79. The summed E-state index contributed by atoms with van der Waals surface area (Å²) in [4.78, 5) is 26.8. The molecular formula is C35H38N2O4. The van der Waals surface area contributed by atoms with E-state index in [9.17, 15) is 14.7 Å². The molecule has 1 saturated carbocycles. The van der Waals surface area contributed by atoms with E-state index >= 15 is 0 Å². The highest BCUT2D eigenvalue weighted by Gasteiger charge is 2.32. The molecule has 2 heterocycles. The number of rotatable bonds is 7. The minimum absolute atomic E-state index is 0.0350. The van der Waals surface area contributed by atoms with Gasteiger partial charge in [-0.2, -0.15) is 0 Å². The Morgan fingerprint density at radius 1 is 0.976 bits per heavy atom. The lowest BCUT2D eigenvalue weighted by atomic mass is 9.81. The molecule has 41 heavy (non-hydrogen) atoms. The van der Waals surface area contributed by atoms with E-state index in [4.69, 9.17) is 4.74 Å². The molecule has 4 aromatic rings. The number of amides is 1. The van der Waals surface area contributed by atoms with Crippen molar-refractivity contribution in [3.63, 3.8) is 0 Å². The van der Waals surface area contributed by atoms with Crippen LogP contribution in [0.2, 0.25) is 0 Å². The number of aliphatic hydroxyl groups is 1. The van der Waals surface area contributed by atoms with Gasteiger partial charge in [0.15, 0.2) is 5.78 Å². The van der Waals surface area contributed by atoms with Crippen LogP contribution in [-0.4, -0.2) is 33.5 Å². The Kier molecular flexibility index (Phi) is 7.43. The van der Waals surface area contributed by atoms with Gasteiger partial charge >= 0.3 is 0 Å². The molecule has 1 amide bonds. The minimum atomic E-state index is -1.04. The highest BCUT2D eigenvalue weighted by atomic mass is 16.5. The van der Waals surface area contributed by atoms with E-state index < -0.39 is 5.54 Å². The quantitative estimate of drug-likeness (QED) is 0.273. The molecule has 1 fully saturated rings. The van der Waals surface area contributed by atoms with Crippen LogP contribution in [-0.2, 0) is 24.4 Å². The fourth-order valence-corrected chi connectivity index (χ4v) is 6.47. The van der Waals surface area contributed by atoms with Gasteiger partial charge in [-0.25, -0.2) is 0 Å². The van der Waals surface area contributed by atoms with E-state index in [0.29, 0.717) is 24.6 Å². The zero-order valence-corrected chi connectivity index (χ0v) is 23.9. The van der Waals surface area contributed by atoms with Crippen LogP contribution in [0, 0.1) is 0 Å². The van der Waals surface area contributed by atoms with Crippen molar-refractivity contribution in [1.29, 1.82) is 0 Å². The first-order valence-corrected chi connectivity index (χ1v) is 14.8. The van der Waals surface area contributed by atoms with E-state index in [1.807, 2.05) is 48.5 Å². The molecule has 1 aliphatic carbocycles. The number of carbonyl (C=O) groups excluding carboxylic acids is 2. The van der Waals surface area contributed by atoms with Crippen molar-refractivity contribution in [1.82, 2.24) is 9.88 Å². The SMILES string of the molecule is CC(C)(NC(=O)c1ccc2c(C3CCCCC3)c3n(c2c1)CCOc1ccccc1-3)C(=O)Cc1ccc(CO)cc1.